The number of phenols is 4. The van der Waals surface area contributed by atoms with Gasteiger partial charge in [-0.3, -0.25) is 4.79 Å². The third-order valence-electron chi connectivity index (χ3n) is 4.71. The number of carboxylic acids is 2. The van der Waals surface area contributed by atoms with Crippen LogP contribution in [0.3, 0.4) is 0 Å². The van der Waals surface area contributed by atoms with Crippen LogP contribution in [0.5, 0.6) is 23.0 Å². The molecule has 0 aromatic heterocycles. The van der Waals surface area contributed by atoms with Crippen LogP contribution in [0.15, 0.2) is 66.7 Å². The van der Waals surface area contributed by atoms with E-state index in [-0.39, 0.29) is 29.4 Å². The zero-order valence-corrected chi connectivity index (χ0v) is 18.0. The van der Waals surface area contributed by atoms with Crippen molar-refractivity contribution in [3.63, 3.8) is 0 Å². The highest BCUT2D eigenvalue weighted by atomic mass is 16.4. The Morgan fingerprint density at radius 3 is 1.82 bits per heavy atom. The molecule has 3 rings (SSSR count). The molecule has 0 bridgehead atoms. The van der Waals surface area contributed by atoms with Gasteiger partial charge in [0.2, 0.25) is 0 Å². The molecule has 3 aromatic rings. The summed E-state index contributed by atoms with van der Waals surface area (Å²) >= 11 is 0. The highest BCUT2D eigenvalue weighted by Crippen LogP contribution is 2.28. The van der Waals surface area contributed by atoms with Crippen molar-refractivity contribution in [3.8, 4) is 23.0 Å². The molecule has 0 amide bonds. The average Bonchev–Trinajstić information content (AvgIpc) is 2.79. The summed E-state index contributed by atoms with van der Waals surface area (Å²) in [6.45, 7) is 0. The molecule has 2 atom stereocenters. The van der Waals surface area contributed by atoms with Crippen LogP contribution in [0.4, 0.5) is 5.69 Å². The number of aliphatic carboxylic acids is 2. The average molecular weight is 470 g/mol. The molecule has 3 aromatic carbocycles. The van der Waals surface area contributed by atoms with Crippen molar-refractivity contribution >= 4 is 17.6 Å². The van der Waals surface area contributed by atoms with Crippen LogP contribution in [0, 0.1) is 0 Å². The molecular weight excluding hydrogens is 444 g/mol. The Bertz CT molecular complexity index is 1120. The van der Waals surface area contributed by atoms with Crippen LogP contribution in [-0.4, -0.2) is 54.7 Å². The van der Waals surface area contributed by atoms with Crippen molar-refractivity contribution in [2.24, 2.45) is 5.73 Å². The van der Waals surface area contributed by atoms with Gasteiger partial charge in [0, 0.05) is 18.2 Å². The van der Waals surface area contributed by atoms with Gasteiger partial charge in [-0.05, 0) is 41.8 Å². The van der Waals surface area contributed by atoms with E-state index >= 15 is 0 Å². The molecule has 34 heavy (non-hydrogen) atoms. The zero-order valence-electron chi connectivity index (χ0n) is 18.0. The van der Waals surface area contributed by atoms with E-state index in [0.29, 0.717) is 17.7 Å². The minimum absolute atomic E-state index is 0.114. The van der Waals surface area contributed by atoms with Crippen LogP contribution in [-0.2, 0) is 22.4 Å². The molecule has 0 aliphatic rings. The van der Waals surface area contributed by atoms with Gasteiger partial charge in [0.15, 0.2) is 23.0 Å². The number of anilines is 1. The van der Waals surface area contributed by atoms with Gasteiger partial charge in [0.05, 0.1) is 0 Å². The number of carbonyl (C=O) groups is 2. The Morgan fingerprint density at radius 1 is 0.706 bits per heavy atom. The summed E-state index contributed by atoms with van der Waals surface area (Å²) in [7, 11) is 0. The van der Waals surface area contributed by atoms with Crippen molar-refractivity contribution in [3.05, 3.63) is 77.9 Å². The fraction of sp³-hybridized carbons (Fsp3) is 0.167. The number of nitrogens with two attached hydrogens (primary N) is 1. The van der Waals surface area contributed by atoms with Crippen LogP contribution < -0.4 is 11.1 Å². The number of hydrogen-bond acceptors (Lipinski definition) is 8. The quantitative estimate of drug-likeness (QED) is 0.179. The summed E-state index contributed by atoms with van der Waals surface area (Å²) in [5, 5.41) is 57.3. The Balaban J connectivity index is 0.000000257. The Morgan fingerprint density at radius 2 is 1.29 bits per heavy atom. The topological polar surface area (TPSA) is 194 Å². The highest BCUT2D eigenvalue weighted by molar-refractivity contribution is 5.78. The predicted octanol–water partition coefficient (Wildman–Crippen LogP) is 2.26. The molecule has 0 spiro atoms. The summed E-state index contributed by atoms with van der Waals surface area (Å²) in [5.74, 6) is -3.14. The third-order valence-corrected chi connectivity index (χ3v) is 4.71. The number of phenolic OH excluding ortho intramolecular Hbond substituents is 4. The molecule has 10 nitrogen and oxygen atoms in total. The van der Waals surface area contributed by atoms with Crippen LogP contribution in [0.2, 0.25) is 0 Å². The van der Waals surface area contributed by atoms with Gasteiger partial charge >= 0.3 is 11.9 Å². The minimum atomic E-state index is -1.10. The standard InChI is InChI=1S/C15H15NO4.C9H11NO4/c17-13-7-6-11(9-14(13)18)16-12(15(19)20)8-10-4-2-1-3-5-10;10-6(9(13)14)3-5-1-2-7(11)8(12)4-5/h1-7,9,12,16-18H,8H2,(H,19,20);1-2,4,6,11-12H,3,10H2,(H,13,14)/t12-;6-/m00/s1. The number of rotatable bonds is 8. The lowest BCUT2D eigenvalue weighted by molar-refractivity contribution is -0.139. The van der Waals surface area contributed by atoms with E-state index in [9.17, 15) is 24.9 Å². The number of nitrogens with one attached hydrogen (secondary N) is 1. The minimum Gasteiger partial charge on any atom is -0.504 e. The third kappa shape index (κ3) is 7.92. The van der Waals surface area contributed by atoms with E-state index in [0.717, 1.165) is 5.56 Å². The fourth-order valence-electron chi connectivity index (χ4n) is 2.90. The van der Waals surface area contributed by atoms with Crippen molar-refractivity contribution < 1.29 is 40.2 Å². The first kappa shape index (κ1) is 25.8. The van der Waals surface area contributed by atoms with E-state index in [1.165, 1.54) is 36.4 Å². The number of aromatic hydroxyl groups is 4. The fourth-order valence-corrected chi connectivity index (χ4v) is 2.90. The lowest BCUT2D eigenvalue weighted by Crippen LogP contribution is -2.32. The number of hydrogen-bond donors (Lipinski definition) is 8. The molecule has 0 unspecified atom stereocenters. The second-order valence-electron chi connectivity index (χ2n) is 7.40. The van der Waals surface area contributed by atoms with E-state index in [1.807, 2.05) is 30.3 Å². The van der Waals surface area contributed by atoms with E-state index in [2.05, 4.69) is 5.32 Å². The second kappa shape index (κ2) is 12.0. The molecule has 0 heterocycles. The SMILES string of the molecule is N[C@@H](Cc1ccc(O)c(O)c1)C(=O)O.O=C(O)[C@H](Cc1ccccc1)Nc1ccc(O)c(O)c1. The molecule has 9 N–H and O–H groups in total. The summed E-state index contributed by atoms with van der Waals surface area (Å²) < 4.78 is 0. The number of benzene rings is 3. The smallest absolute Gasteiger partial charge is 0.326 e. The summed E-state index contributed by atoms with van der Waals surface area (Å²) in [6, 6.07) is 15.6. The van der Waals surface area contributed by atoms with Crippen LogP contribution >= 0.6 is 0 Å². The van der Waals surface area contributed by atoms with Gasteiger partial charge in [-0.2, -0.15) is 0 Å². The first-order valence-corrected chi connectivity index (χ1v) is 10.1. The normalized spacial score (nSPS) is 12.0. The molecule has 0 fully saturated rings. The molecule has 0 radical (unpaired) electrons. The first-order valence-electron chi connectivity index (χ1n) is 10.1. The van der Waals surface area contributed by atoms with Crippen LogP contribution in [0.1, 0.15) is 11.1 Å². The molecule has 0 saturated heterocycles. The maximum atomic E-state index is 11.3. The monoisotopic (exact) mass is 470 g/mol. The lowest BCUT2D eigenvalue weighted by atomic mass is 10.1. The van der Waals surface area contributed by atoms with Crippen LogP contribution in [0.25, 0.3) is 0 Å². The van der Waals surface area contributed by atoms with E-state index < -0.39 is 24.0 Å². The Hall–Kier alpha value is -4.44. The van der Waals surface area contributed by atoms with Gasteiger partial charge in [0.25, 0.3) is 0 Å². The molecule has 180 valence electrons. The molecular formula is C24H26N2O8. The van der Waals surface area contributed by atoms with Gasteiger partial charge < -0.3 is 41.7 Å². The number of carboxylic acid groups (broad SMARTS) is 2. The van der Waals surface area contributed by atoms with Crippen molar-refractivity contribution in [1.82, 2.24) is 0 Å². The largest absolute Gasteiger partial charge is 0.504 e. The van der Waals surface area contributed by atoms with Gasteiger partial charge in [0.1, 0.15) is 12.1 Å². The van der Waals surface area contributed by atoms with Crippen molar-refractivity contribution in [2.45, 2.75) is 24.9 Å². The maximum Gasteiger partial charge on any atom is 0.326 e. The first-order chi connectivity index (χ1) is 16.1. The van der Waals surface area contributed by atoms with E-state index in [1.54, 1.807) is 0 Å². The molecule has 0 aliphatic heterocycles. The Kier molecular flexibility index (Phi) is 9.09. The second-order valence-corrected chi connectivity index (χ2v) is 7.40. The summed E-state index contributed by atoms with van der Waals surface area (Å²) in [4.78, 5) is 21.7. The summed E-state index contributed by atoms with van der Waals surface area (Å²) in [5.41, 5.74) is 7.19. The van der Waals surface area contributed by atoms with Gasteiger partial charge in [-0.15, -0.1) is 0 Å². The van der Waals surface area contributed by atoms with Gasteiger partial charge in [-0.25, -0.2) is 4.79 Å². The highest BCUT2D eigenvalue weighted by Gasteiger charge is 2.18. The van der Waals surface area contributed by atoms with Crippen molar-refractivity contribution in [2.75, 3.05) is 5.32 Å². The maximum absolute atomic E-state index is 11.3. The lowest BCUT2D eigenvalue weighted by Gasteiger charge is -2.16. The predicted molar refractivity (Wildman–Crippen MR) is 124 cm³/mol. The molecule has 0 saturated carbocycles. The molecule has 0 aliphatic carbocycles. The zero-order chi connectivity index (χ0) is 25.3. The van der Waals surface area contributed by atoms with Gasteiger partial charge in [-0.1, -0.05) is 36.4 Å². The Labute approximate surface area is 195 Å². The summed E-state index contributed by atoms with van der Waals surface area (Å²) in [6.07, 6.45) is 0.432. The van der Waals surface area contributed by atoms with Crippen molar-refractivity contribution in [1.29, 1.82) is 0 Å². The molecule has 10 heteroatoms. The van der Waals surface area contributed by atoms with E-state index in [4.69, 9.17) is 21.1 Å².